The molecule has 1 amide bonds. The second-order valence-corrected chi connectivity index (χ2v) is 4.46. The number of hydrogen-bond donors (Lipinski definition) is 2. The van der Waals surface area contributed by atoms with Crippen LogP contribution in [0, 0.1) is 0 Å². The first-order valence-electron chi connectivity index (χ1n) is 6.34. The number of nitrogens with one attached hydrogen (secondary N) is 1. The van der Waals surface area contributed by atoms with E-state index in [1.165, 1.54) is 0 Å². The van der Waals surface area contributed by atoms with Gasteiger partial charge in [-0.3, -0.25) is 4.79 Å². The predicted octanol–water partition coefficient (Wildman–Crippen LogP) is 0.718. The maximum absolute atomic E-state index is 11.4. The van der Waals surface area contributed by atoms with Crippen molar-refractivity contribution in [1.82, 2.24) is 5.32 Å². The molecule has 1 unspecified atom stereocenters. The Morgan fingerprint density at radius 3 is 2.63 bits per heavy atom. The Labute approximate surface area is 114 Å². The lowest BCUT2D eigenvalue weighted by Crippen LogP contribution is -2.31. The fourth-order valence-electron chi connectivity index (χ4n) is 1.59. The second-order valence-electron chi connectivity index (χ2n) is 4.46. The van der Waals surface area contributed by atoms with E-state index < -0.39 is 0 Å². The lowest BCUT2D eigenvalue weighted by atomic mass is 10.1. The second kappa shape index (κ2) is 8.50. The molecule has 0 aliphatic heterocycles. The highest BCUT2D eigenvalue weighted by Crippen LogP contribution is 2.12. The van der Waals surface area contributed by atoms with Crippen LogP contribution in [0.25, 0.3) is 0 Å². The molecule has 19 heavy (non-hydrogen) atoms. The fourth-order valence-corrected chi connectivity index (χ4v) is 1.59. The third-order valence-electron chi connectivity index (χ3n) is 2.48. The summed E-state index contributed by atoms with van der Waals surface area (Å²) in [6.07, 6.45) is 0.831. The van der Waals surface area contributed by atoms with Crippen LogP contribution in [0.4, 0.5) is 0 Å². The largest absolute Gasteiger partial charge is 0.484 e. The Morgan fingerprint density at radius 2 is 2.05 bits per heavy atom. The molecule has 1 aromatic carbocycles. The Balaban J connectivity index is 2.31. The normalized spacial score (nSPS) is 11.9. The summed E-state index contributed by atoms with van der Waals surface area (Å²) in [6, 6.07) is 7.75. The minimum atomic E-state index is -0.156. The Morgan fingerprint density at radius 1 is 1.37 bits per heavy atom. The molecule has 1 rings (SSSR count). The van der Waals surface area contributed by atoms with E-state index >= 15 is 0 Å². The minimum absolute atomic E-state index is 0.0103. The van der Waals surface area contributed by atoms with Crippen molar-refractivity contribution < 1.29 is 14.3 Å². The SMILES string of the molecule is COCCNC(=O)COc1ccc(CC(C)N)cc1. The van der Waals surface area contributed by atoms with Crippen molar-refractivity contribution in [3.05, 3.63) is 29.8 Å². The van der Waals surface area contributed by atoms with Crippen LogP contribution >= 0.6 is 0 Å². The van der Waals surface area contributed by atoms with Gasteiger partial charge in [-0.15, -0.1) is 0 Å². The highest BCUT2D eigenvalue weighted by atomic mass is 16.5. The van der Waals surface area contributed by atoms with Crippen molar-refractivity contribution >= 4 is 5.91 Å². The molecule has 0 aliphatic carbocycles. The van der Waals surface area contributed by atoms with Crippen LogP contribution in [0.1, 0.15) is 12.5 Å². The van der Waals surface area contributed by atoms with Gasteiger partial charge in [0.2, 0.25) is 0 Å². The van der Waals surface area contributed by atoms with Crippen molar-refractivity contribution in [3.8, 4) is 5.75 Å². The van der Waals surface area contributed by atoms with E-state index in [0.717, 1.165) is 12.0 Å². The number of methoxy groups -OCH3 is 1. The Kier molecular flexibility index (Phi) is 6.92. The molecule has 0 heterocycles. The van der Waals surface area contributed by atoms with Crippen LogP contribution in [0.3, 0.4) is 0 Å². The smallest absolute Gasteiger partial charge is 0.258 e. The number of hydrogen-bond acceptors (Lipinski definition) is 4. The van der Waals surface area contributed by atoms with E-state index in [0.29, 0.717) is 18.9 Å². The lowest BCUT2D eigenvalue weighted by molar-refractivity contribution is -0.123. The van der Waals surface area contributed by atoms with E-state index in [-0.39, 0.29) is 18.6 Å². The summed E-state index contributed by atoms with van der Waals surface area (Å²) >= 11 is 0. The van der Waals surface area contributed by atoms with Crippen molar-refractivity contribution in [3.63, 3.8) is 0 Å². The molecule has 0 aliphatic rings. The summed E-state index contributed by atoms with van der Waals surface area (Å²) in [4.78, 5) is 11.4. The first kappa shape index (κ1) is 15.5. The number of amides is 1. The molecule has 0 fully saturated rings. The van der Waals surface area contributed by atoms with Gasteiger partial charge in [0.1, 0.15) is 5.75 Å². The number of carbonyl (C=O) groups is 1. The fraction of sp³-hybridized carbons (Fsp3) is 0.500. The van der Waals surface area contributed by atoms with Crippen molar-refractivity contribution in [1.29, 1.82) is 0 Å². The lowest BCUT2D eigenvalue weighted by Gasteiger charge is -2.09. The van der Waals surface area contributed by atoms with Gasteiger partial charge in [-0.05, 0) is 31.0 Å². The highest BCUT2D eigenvalue weighted by molar-refractivity contribution is 5.77. The van der Waals surface area contributed by atoms with E-state index in [9.17, 15) is 4.79 Å². The average Bonchev–Trinajstić information content (AvgIpc) is 2.37. The van der Waals surface area contributed by atoms with Crippen LogP contribution in [0.2, 0.25) is 0 Å². The molecule has 0 saturated heterocycles. The molecular formula is C14H22N2O3. The van der Waals surface area contributed by atoms with Crippen LogP contribution in [0.5, 0.6) is 5.75 Å². The van der Waals surface area contributed by atoms with E-state index in [4.69, 9.17) is 15.2 Å². The summed E-state index contributed by atoms with van der Waals surface area (Å²) in [5.41, 5.74) is 6.88. The van der Waals surface area contributed by atoms with Gasteiger partial charge >= 0.3 is 0 Å². The van der Waals surface area contributed by atoms with Gasteiger partial charge in [-0.25, -0.2) is 0 Å². The van der Waals surface area contributed by atoms with Crippen LogP contribution in [-0.2, 0) is 16.0 Å². The van der Waals surface area contributed by atoms with Crippen LogP contribution < -0.4 is 15.8 Å². The maximum Gasteiger partial charge on any atom is 0.258 e. The Hall–Kier alpha value is -1.59. The molecular weight excluding hydrogens is 244 g/mol. The van der Waals surface area contributed by atoms with E-state index in [1.807, 2.05) is 31.2 Å². The highest BCUT2D eigenvalue weighted by Gasteiger charge is 2.03. The topological polar surface area (TPSA) is 73.6 Å². The molecule has 5 nitrogen and oxygen atoms in total. The molecule has 0 saturated carbocycles. The molecule has 3 N–H and O–H groups in total. The molecule has 106 valence electrons. The minimum Gasteiger partial charge on any atom is -0.484 e. The molecule has 5 heteroatoms. The van der Waals surface area contributed by atoms with Gasteiger partial charge in [0.25, 0.3) is 5.91 Å². The maximum atomic E-state index is 11.4. The summed E-state index contributed by atoms with van der Waals surface area (Å²) in [5.74, 6) is 0.520. The molecule has 1 atom stereocenters. The van der Waals surface area contributed by atoms with Gasteiger partial charge in [0.05, 0.1) is 6.61 Å². The van der Waals surface area contributed by atoms with Gasteiger partial charge < -0.3 is 20.5 Å². The van der Waals surface area contributed by atoms with Gasteiger partial charge in [-0.1, -0.05) is 12.1 Å². The van der Waals surface area contributed by atoms with Gasteiger partial charge in [0.15, 0.2) is 6.61 Å². The first-order chi connectivity index (χ1) is 9.11. The summed E-state index contributed by atoms with van der Waals surface area (Å²) < 4.78 is 10.2. The third kappa shape index (κ3) is 6.79. The van der Waals surface area contributed by atoms with Crippen molar-refractivity contribution in [2.75, 3.05) is 26.9 Å². The Bertz CT molecular complexity index is 377. The quantitative estimate of drug-likeness (QED) is 0.680. The number of carbonyl (C=O) groups excluding carboxylic acids is 1. The zero-order chi connectivity index (χ0) is 14.1. The third-order valence-corrected chi connectivity index (χ3v) is 2.48. The summed E-state index contributed by atoms with van der Waals surface area (Å²) in [5, 5.41) is 2.69. The molecule has 0 aromatic heterocycles. The van der Waals surface area contributed by atoms with Gasteiger partial charge in [0, 0.05) is 19.7 Å². The zero-order valence-electron chi connectivity index (χ0n) is 11.5. The van der Waals surface area contributed by atoms with Crippen LogP contribution in [-0.4, -0.2) is 38.8 Å². The van der Waals surface area contributed by atoms with Gasteiger partial charge in [-0.2, -0.15) is 0 Å². The van der Waals surface area contributed by atoms with E-state index in [1.54, 1.807) is 7.11 Å². The number of nitrogens with two attached hydrogens (primary N) is 1. The first-order valence-corrected chi connectivity index (χ1v) is 6.34. The average molecular weight is 266 g/mol. The predicted molar refractivity (Wildman–Crippen MR) is 74.2 cm³/mol. The monoisotopic (exact) mass is 266 g/mol. The number of ether oxygens (including phenoxy) is 2. The van der Waals surface area contributed by atoms with Crippen molar-refractivity contribution in [2.45, 2.75) is 19.4 Å². The number of benzene rings is 1. The van der Waals surface area contributed by atoms with Crippen LogP contribution in [0.15, 0.2) is 24.3 Å². The zero-order valence-corrected chi connectivity index (χ0v) is 11.5. The molecule has 1 aromatic rings. The molecule has 0 radical (unpaired) electrons. The summed E-state index contributed by atoms with van der Waals surface area (Å²) in [6.45, 7) is 2.97. The van der Waals surface area contributed by atoms with Crippen molar-refractivity contribution in [2.24, 2.45) is 5.73 Å². The summed E-state index contributed by atoms with van der Waals surface area (Å²) in [7, 11) is 1.59. The molecule has 0 spiro atoms. The number of rotatable bonds is 8. The van der Waals surface area contributed by atoms with E-state index in [2.05, 4.69) is 5.32 Å². The standard InChI is InChI=1S/C14H22N2O3/c1-11(15)9-12-3-5-13(6-4-12)19-10-14(17)16-7-8-18-2/h3-6,11H,7-10,15H2,1-2H3,(H,16,17). The molecule has 0 bridgehead atoms.